The van der Waals surface area contributed by atoms with Crippen molar-refractivity contribution in [1.29, 1.82) is 0 Å². The normalized spacial score (nSPS) is 22.2. The number of carboxylic acids is 1. The second-order valence-corrected chi connectivity index (χ2v) is 4.94. The fraction of sp³-hybridized carbons (Fsp3) is 0.429. The first-order chi connectivity index (χ1) is 8.99. The van der Waals surface area contributed by atoms with E-state index in [9.17, 15) is 14.0 Å². The lowest BCUT2D eigenvalue weighted by Crippen LogP contribution is -2.30. The molecule has 0 radical (unpaired) electrons. The van der Waals surface area contributed by atoms with Crippen LogP contribution in [-0.2, 0) is 9.59 Å². The van der Waals surface area contributed by atoms with Crippen LogP contribution >= 0.6 is 0 Å². The number of halogens is 1. The Morgan fingerprint density at radius 3 is 2.63 bits per heavy atom. The van der Waals surface area contributed by atoms with Crippen LogP contribution in [-0.4, -0.2) is 17.0 Å². The van der Waals surface area contributed by atoms with E-state index in [1.807, 2.05) is 0 Å². The molecule has 1 aromatic rings. The molecule has 5 heteroatoms. The third-order valence-corrected chi connectivity index (χ3v) is 3.61. The van der Waals surface area contributed by atoms with Crippen LogP contribution in [0.5, 0.6) is 0 Å². The topological polar surface area (TPSA) is 66.4 Å². The summed E-state index contributed by atoms with van der Waals surface area (Å²) in [6.07, 6.45) is 1.82. The number of carbonyl (C=O) groups excluding carboxylic acids is 1. The zero-order valence-electron chi connectivity index (χ0n) is 10.6. The molecular formula is C14H16FNO3. The number of anilines is 1. The highest BCUT2D eigenvalue weighted by molar-refractivity contribution is 5.95. The molecule has 2 N–H and O–H groups in total. The molecule has 0 saturated heterocycles. The van der Waals surface area contributed by atoms with Crippen LogP contribution in [0.1, 0.15) is 24.8 Å². The van der Waals surface area contributed by atoms with Gasteiger partial charge in [0.05, 0.1) is 11.8 Å². The van der Waals surface area contributed by atoms with E-state index in [1.165, 1.54) is 6.07 Å². The molecular weight excluding hydrogens is 249 g/mol. The van der Waals surface area contributed by atoms with E-state index >= 15 is 0 Å². The minimum Gasteiger partial charge on any atom is -0.481 e. The summed E-state index contributed by atoms with van der Waals surface area (Å²) < 4.78 is 13.4. The Morgan fingerprint density at radius 2 is 2.00 bits per heavy atom. The number of hydrogen-bond acceptors (Lipinski definition) is 2. The Labute approximate surface area is 110 Å². The van der Waals surface area contributed by atoms with Crippen molar-refractivity contribution in [2.75, 3.05) is 5.32 Å². The maximum atomic E-state index is 13.4. The molecule has 4 nitrogen and oxygen atoms in total. The van der Waals surface area contributed by atoms with Crippen molar-refractivity contribution in [3.05, 3.63) is 29.6 Å². The molecule has 1 saturated carbocycles. The van der Waals surface area contributed by atoms with Gasteiger partial charge in [0.2, 0.25) is 5.91 Å². The van der Waals surface area contributed by atoms with E-state index in [4.69, 9.17) is 5.11 Å². The molecule has 1 aliphatic carbocycles. The second-order valence-electron chi connectivity index (χ2n) is 4.94. The molecule has 0 aliphatic heterocycles. The van der Waals surface area contributed by atoms with E-state index in [-0.39, 0.29) is 11.7 Å². The first-order valence-corrected chi connectivity index (χ1v) is 6.29. The fourth-order valence-corrected chi connectivity index (χ4v) is 2.48. The molecule has 1 aliphatic rings. The van der Waals surface area contributed by atoms with Gasteiger partial charge in [-0.1, -0.05) is 12.5 Å². The summed E-state index contributed by atoms with van der Waals surface area (Å²) in [5, 5.41) is 11.6. The molecule has 19 heavy (non-hydrogen) atoms. The van der Waals surface area contributed by atoms with E-state index in [0.717, 1.165) is 6.42 Å². The molecule has 1 aromatic carbocycles. The van der Waals surface area contributed by atoms with Crippen LogP contribution in [0.25, 0.3) is 0 Å². The van der Waals surface area contributed by atoms with Gasteiger partial charge in [0, 0.05) is 5.69 Å². The summed E-state index contributed by atoms with van der Waals surface area (Å²) in [5.41, 5.74) is 0.867. The highest BCUT2D eigenvalue weighted by atomic mass is 19.1. The zero-order chi connectivity index (χ0) is 14.0. The third kappa shape index (κ3) is 2.92. The predicted molar refractivity (Wildman–Crippen MR) is 68.2 cm³/mol. The minimum atomic E-state index is -0.937. The molecule has 1 fully saturated rings. The van der Waals surface area contributed by atoms with Crippen molar-refractivity contribution in [2.45, 2.75) is 26.2 Å². The lowest BCUT2D eigenvalue weighted by atomic mass is 9.95. The second kappa shape index (κ2) is 5.38. The fourth-order valence-electron chi connectivity index (χ4n) is 2.48. The Hall–Kier alpha value is -1.91. The first kappa shape index (κ1) is 13.5. The quantitative estimate of drug-likeness (QED) is 0.882. The molecule has 0 unspecified atom stereocenters. The van der Waals surface area contributed by atoms with Gasteiger partial charge in [-0.25, -0.2) is 4.39 Å². The number of amides is 1. The van der Waals surface area contributed by atoms with Crippen molar-refractivity contribution in [2.24, 2.45) is 11.8 Å². The van der Waals surface area contributed by atoms with Gasteiger partial charge in [-0.15, -0.1) is 0 Å². The maximum Gasteiger partial charge on any atom is 0.307 e. The third-order valence-electron chi connectivity index (χ3n) is 3.61. The van der Waals surface area contributed by atoms with Crippen molar-refractivity contribution in [1.82, 2.24) is 0 Å². The average molecular weight is 265 g/mol. The van der Waals surface area contributed by atoms with Crippen molar-refractivity contribution in [3.8, 4) is 0 Å². The molecule has 2 rings (SSSR count). The summed E-state index contributed by atoms with van der Waals surface area (Å²) in [7, 11) is 0. The average Bonchev–Trinajstić information content (AvgIpc) is 2.83. The number of carbonyl (C=O) groups is 2. The van der Waals surface area contributed by atoms with Gasteiger partial charge in [-0.05, 0) is 37.5 Å². The maximum absolute atomic E-state index is 13.4. The van der Waals surface area contributed by atoms with E-state index < -0.39 is 17.8 Å². The lowest BCUT2D eigenvalue weighted by molar-refractivity contribution is -0.145. The molecule has 0 spiro atoms. The Kier molecular flexibility index (Phi) is 3.83. The van der Waals surface area contributed by atoms with Crippen molar-refractivity contribution >= 4 is 17.6 Å². The van der Waals surface area contributed by atoms with Gasteiger partial charge in [0.15, 0.2) is 0 Å². The van der Waals surface area contributed by atoms with Crippen LogP contribution in [0.3, 0.4) is 0 Å². The van der Waals surface area contributed by atoms with Crippen LogP contribution < -0.4 is 5.32 Å². The van der Waals surface area contributed by atoms with Crippen molar-refractivity contribution < 1.29 is 19.1 Å². The number of hydrogen-bond donors (Lipinski definition) is 2. The highest BCUT2D eigenvalue weighted by Crippen LogP contribution is 2.32. The van der Waals surface area contributed by atoms with Gasteiger partial charge in [-0.3, -0.25) is 9.59 Å². The Balaban J connectivity index is 2.08. The monoisotopic (exact) mass is 265 g/mol. The Bertz CT molecular complexity index is 515. The molecule has 102 valence electrons. The highest BCUT2D eigenvalue weighted by Gasteiger charge is 2.37. The molecule has 0 bridgehead atoms. The van der Waals surface area contributed by atoms with Crippen LogP contribution in [0.2, 0.25) is 0 Å². The Morgan fingerprint density at radius 1 is 1.32 bits per heavy atom. The molecule has 2 atom stereocenters. The summed E-state index contributed by atoms with van der Waals surface area (Å²) >= 11 is 0. The largest absolute Gasteiger partial charge is 0.481 e. The van der Waals surface area contributed by atoms with Gasteiger partial charge >= 0.3 is 5.97 Å². The first-order valence-electron chi connectivity index (χ1n) is 6.29. The summed E-state index contributed by atoms with van der Waals surface area (Å²) in [4.78, 5) is 23.1. The summed E-state index contributed by atoms with van der Waals surface area (Å²) in [5.74, 6) is -2.82. The van der Waals surface area contributed by atoms with Gasteiger partial charge in [0.1, 0.15) is 5.82 Å². The minimum absolute atomic E-state index is 0.340. The van der Waals surface area contributed by atoms with Gasteiger partial charge in [0.25, 0.3) is 0 Å². The standard InChI is InChI=1S/C14H16FNO3/c1-8-5-6-9(7-12(8)15)16-13(17)10-3-2-4-11(10)14(18)19/h5-7,10-11H,2-4H2,1H3,(H,16,17)(H,18,19)/t10-,11+/m1/s1. The van der Waals surface area contributed by atoms with E-state index in [2.05, 4.69) is 5.32 Å². The number of aryl methyl sites for hydroxylation is 1. The van der Waals surface area contributed by atoms with Crippen LogP contribution in [0.15, 0.2) is 18.2 Å². The zero-order valence-corrected chi connectivity index (χ0v) is 10.6. The number of carboxylic acid groups (broad SMARTS) is 1. The lowest BCUT2D eigenvalue weighted by Gasteiger charge is -2.15. The molecule has 0 heterocycles. The van der Waals surface area contributed by atoms with Gasteiger partial charge < -0.3 is 10.4 Å². The molecule has 1 amide bonds. The summed E-state index contributed by atoms with van der Waals surface area (Å²) in [6.45, 7) is 1.64. The number of benzene rings is 1. The smallest absolute Gasteiger partial charge is 0.307 e. The summed E-state index contributed by atoms with van der Waals surface area (Å²) in [6, 6.07) is 4.44. The van der Waals surface area contributed by atoms with E-state index in [1.54, 1.807) is 19.1 Å². The van der Waals surface area contributed by atoms with Crippen LogP contribution in [0, 0.1) is 24.6 Å². The van der Waals surface area contributed by atoms with Gasteiger partial charge in [-0.2, -0.15) is 0 Å². The SMILES string of the molecule is Cc1ccc(NC(=O)[C@@H]2CCC[C@@H]2C(=O)O)cc1F. The van der Waals surface area contributed by atoms with Crippen LogP contribution in [0.4, 0.5) is 10.1 Å². The predicted octanol–water partition coefficient (Wildman–Crippen LogP) is 2.57. The molecule has 0 aromatic heterocycles. The number of rotatable bonds is 3. The van der Waals surface area contributed by atoms with Crippen molar-refractivity contribution in [3.63, 3.8) is 0 Å². The number of nitrogens with one attached hydrogen (secondary N) is 1. The van der Waals surface area contributed by atoms with E-state index in [0.29, 0.717) is 24.1 Å². The number of aliphatic carboxylic acids is 1.